The molecule has 0 aliphatic heterocycles. The highest BCUT2D eigenvalue weighted by atomic mass is 16.3. The van der Waals surface area contributed by atoms with Crippen LogP contribution in [0, 0.1) is 17.8 Å². The van der Waals surface area contributed by atoms with Crippen molar-refractivity contribution in [2.75, 3.05) is 0 Å². The van der Waals surface area contributed by atoms with Crippen molar-refractivity contribution in [3.8, 4) is 11.8 Å². The van der Waals surface area contributed by atoms with Crippen LogP contribution in [0.15, 0.2) is 35.9 Å². The number of benzene rings is 1. The molecule has 0 radical (unpaired) electrons. The Labute approximate surface area is 122 Å². The summed E-state index contributed by atoms with van der Waals surface area (Å²) in [6.07, 6.45) is -0.568. The quantitative estimate of drug-likeness (QED) is 0.829. The lowest BCUT2D eigenvalue weighted by Gasteiger charge is -2.18. The Balaban J connectivity index is 3.48. The molecule has 108 valence electrons. The lowest BCUT2D eigenvalue weighted by Crippen LogP contribution is -2.16. The SMILES string of the molecule is CC(C)/C(=C(/C#CC(C)(C)O)c1ccccc1)C(C)O. The van der Waals surface area contributed by atoms with Crippen molar-refractivity contribution < 1.29 is 10.2 Å². The third-order valence-corrected chi connectivity index (χ3v) is 2.92. The summed E-state index contributed by atoms with van der Waals surface area (Å²) in [7, 11) is 0. The van der Waals surface area contributed by atoms with Gasteiger partial charge < -0.3 is 10.2 Å². The summed E-state index contributed by atoms with van der Waals surface area (Å²) in [5, 5.41) is 19.9. The molecule has 0 bridgehead atoms. The summed E-state index contributed by atoms with van der Waals surface area (Å²) in [4.78, 5) is 0. The zero-order valence-corrected chi connectivity index (χ0v) is 12.9. The molecule has 2 heteroatoms. The number of aliphatic hydroxyl groups excluding tert-OH is 1. The normalized spacial score (nSPS) is 14.4. The molecule has 1 aromatic carbocycles. The summed E-state index contributed by atoms with van der Waals surface area (Å²) in [5.41, 5.74) is 1.61. The summed E-state index contributed by atoms with van der Waals surface area (Å²) in [6, 6.07) is 9.78. The predicted octanol–water partition coefficient (Wildman–Crippen LogP) is 3.25. The monoisotopic (exact) mass is 272 g/mol. The van der Waals surface area contributed by atoms with Crippen LogP contribution < -0.4 is 0 Å². The van der Waals surface area contributed by atoms with Crippen molar-refractivity contribution in [3.05, 3.63) is 41.5 Å². The highest BCUT2D eigenvalue weighted by Crippen LogP contribution is 2.26. The smallest absolute Gasteiger partial charge is 0.120 e. The zero-order chi connectivity index (χ0) is 15.3. The van der Waals surface area contributed by atoms with E-state index < -0.39 is 11.7 Å². The lowest BCUT2D eigenvalue weighted by molar-refractivity contribution is 0.143. The van der Waals surface area contributed by atoms with Crippen LogP contribution in [0.5, 0.6) is 0 Å². The molecule has 2 nitrogen and oxygen atoms in total. The summed E-state index contributed by atoms with van der Waals surface area (Å²) < 4.78 is 0. The van der Waals surface area contributed by atoms with Crippen LogP contribution >= 0.6 is 0 Å². The number of allylic oxidation sites excluding steroid dienone is 1. The minimum absolute atomic E-state index is 0.182. The molecule has 0 amide bonds. The molecule has 0 saturated heterocycles. The van der Waals surface area contributed by atoms with Crippen molar-refractivity contribution in [1.29, 1.82) is 0 Å². The average Bonchev–Trinajstić information content (AvgIpc) is 2.33. The Hall–Kier alpha value is -1.56. The van der Waals surface area contributed by atoms with Gasteiger partial charge in [-0.2, -0.15) is 0 Å². The summed E-state index contributed by atoms with van der Waals surface area (Å²) >= 11 is 0. The van der Waals surface area contributed by atoms with Crippen molar-refractivity contribution >= 4 is 5.57 Å². The van der Waals surface area contributed by atoms with Gasteiger partial charge in [0.2, 0.25) is 0 Å². The van der Waals surface area contributed by atoms with E-state index in [1.54, 1.807) is 20.8 Å². The molecular formula is C18H24O2. The van der Waals surface area contributed by atoms with Gasteiger partial charge in [-0.15, -0.1) is 0 Å². The maximum absolute atomic E-state index is 10.1. The molecule has 0 fully saturated rings. The maximum atomic E-state index is 10.1. The minimum atomic E-state index is -1.05. The second-order valence-corrected chi connectivity index (χ2v) is 5.84. The second-order valence-electron chi connectivity index (χ2n) is 5.84. The van der Waals surface area contributed by atoms with Crippen LogP contribution in [0.3, 0.4) is 0 Å². The molecule has 2 N–H and O–H groups in total. The fraction of sp³-hybridized carbons (Fsp3) is 0.444. The molecule has 20 heavy (non-hydrogen) atoms. The van der Waals surface area contributed by atoms with Crippen LogP contribution in [-0.4, -0.2) is 21.9 Å². The molecule has 0 spiro atoms. The minimum Gasteiger partial charge on any atom is -0.389 e. The van der Waals surface area contributed by atoms with Gasteiger partial charge in [0.25, 0.3) is 0 Å². The van der Waals surface area contributed by atoms with E-state index in [9.17, 15) is 10.2 Å². The third kappa shape index (κ3) is 4.85. The van der Waals surface area contributed by atoms with E-state index >= 15 is 0 Å². The number of rotatable bonds is 3. The zero-order valence-electron chi connectivity index (χ0n) is 12.9. The molecule has 1 aromatic rings. The Morgan fingerprint density at radius 1 is 1.10 bits per heavy atom. The van der Waals surface area contributed by atoms with Gasteiger partial charge in [0.15, 0.2) is 0 Å². The van der Waals surface area contributed by atoms with Gasteiger partial charge >= 0.3 is 0 Å². The highest BCUT2D eigenvalue weighted by molar-refractivity contribution is 5.82. The van der Waals surface area contributed by atoms with Gasteiger partial charge in [0.1, 0.15) is 5.60 Å². The molecule has 1 atom stereocenters. The van der Waals surface area contributed by atoms with Gasteiger partial charge in [0.05, 0.1) is 6.10 Å². The number of hydrogen-bond acceptors (Lipinski definition) is 2. The lowest BCUT2D eigenvalue weighted by atomic mass is 9.89. The fourth-order valence-corrected chi connectivity index (χ4v) is 2.11. The Morgan fingerprint density at radius 3 is 2.05 bits per heavy atom. The van der Waals surface area contributed by atoms with E-state index in [1.165, 1.54) is 0 Å². The third-order valence-electron chi connectivity index (χ3n) is 2.92. The van der Waals surface area contributed by atoms with Crippen molar-refractivity contribution in [1.82, 2.24) is 0 Å². The van der Waals surface area contributed by atoms with E-state index in [0.29, 0.717) is 0 Å². The van der Waals surface area contributed by atoms with E-state index in [2.05, 4.69) is 11.8 Å². The van der Waals surface area contributed by atoms with Crippen LogP contribution in [0.25, 0.3) is 5.57 Å². The molecule has 0 saturated carbocycles. The standard InChI is InChI=1S/C18H24O2/c1-13(2)17(14(3)19)16(11-12-18(4,5)20)15-9-7-6-8-10-15/h6-10,13-14,19-20H,1-5H3/b17-16+. The second kappa shape index (κ2) is 6.74. The fourth-order valence-electron chi connectivity index (χ4n) is 2.11. The summed E-state index contributed by atoms with van der Waals surface area (Å²) in [6.45, 7) is 9.14. The van der Waals surface area contributed by atoms with Crippen LogP contribution in [-0.2, 0) is 0 Å². The van der Waals surface area contributed by atoms with Gasteiger partial charge in [0, 0.05) is 5.57 Å². The number of aliphatic hydroxyl groups is 2. The van der Waals surface area contributed by atoms with E-state index in [4.69, 9.17) is 0 Å². The first-order valence-electron chi connectivity index (χ1n) is 6.95. The van der Waals surface area contributed by atoms with Crippen LogP contribution in [0.2, 0.25) is 0 Å². The van der Waals surface area contributed by atoms with Crippen LogP contribution in [0.1, 0.15) is 40.2 Å². The van der Waals surface area contributed by atoms with E-state index in [-0.39, 0.29) is 5.92 Å². The topological polar surface area (TPSA) is 40.5 Å². The van der Waals surface area contributed by atoms with Gasteiger partial charge in [-0.25, -0.2) is 0 Å². The first-order valence-corrected chi connectivity index (χ1v) is 6.95. The van der Waals surface area contributed by atoms with Crippen molar-refractivity contribution in [2.24, 2.45) is 5.92 Å². The maximum Gasteiger partial charge on any atom is 0.120 e. The summed E-state index contributed by atoms with van der Waals surface area (Å²) in [5.74, 6) is 6.09. The average molecular weight is 272 g/mol. The van der Waals surface area contributed by atoms with Crippen LogP contribution in [0.4, 0.5) is 0 Å². The largest absolute Gasteiger partial charge is 0.389 e. The molecule has 1 rings (SSSR count). The first kappa shape index (κ1) is 16.5. The van der Waals surface area contributed by atoms with Gasteiger partial charge in [-0.3, -0.25) is 0 Å². The molecule has 0 heterocycles. The first-order chi connectivity index (χ1) is 9.22. The van der Waals surface area contributed by atoms with Gasteiger partial charge in [-0.05, 0) is 37.8 Å². The van der Waals surface area contributed by atoms with E-state index in [1.807, 2.05) is 44.2 Å². The number of hydrogen-bond donors (Lipinski definition) is 2. The molecular weight excluding hydrogens is 248 g/mol. The molecule has 0 aliphatic rings. The van der Waals surface area contributed by atoms with E-state index in [0.717, 1.165) is 16.7 Å². The van der Waals surface area contributed by atoms with Crippen molar-refractivity contribution in [3.63, 3.8) is 0 Å². The Bertz CT molecular complexity index is 510. The van der Waals surface area contributed by atoms with Crippen molar-refractivity contribution in [2.45, 2.75) is 46.3 Å². The predicted molar refractivity (Wildman–Crippen MR) is 84.0 cm³/mol. The Morgan fingerprint density at radius 2 is 1.65 bits per heavy atom. The highest BCUT2D eigenvalue weighted by Gasteiger charge is 2.16. The molecule has 0 aromatic heterocycles. The van der Waals surface area contributed by atoms with Gasteiger partial charge in [-0.1, -0.05) is 56.0 Å². The molecule has 1 unspecified atom stereocenters. The Kier molecular flexibility index (Phi) is 5.56. The molecule has 0 aliphatic carbocycles.